The van der Waals surface area contributed by atoms with Gasteiger partial charge < -0.3 is 8.85 Å². The van der Waals surface area contributed by atoms with Crippen LogP contribution in [0.25, 0.3) is 0 Å². The van der Waals surface area contributed by atoms with Crippen molar-refractivity contribution in [3.05, 3.63) is 47.6 Å². The Morgan fingerprint density at radius 1 is 0.933 bits per heavy atom. The fourth-order valence-electron chi connectivity index (χ4n) is 8.78. The molecular formula is C40H68O3Si2. The van der Waals surface area contributed by atoms with Gasteiger partial charge in [0.2, 0.25) is 0 Å². The zero-order valence-corrected chi connectivity index (χ0v) is 33.3. The lowest BCUT2D eigenvalue weighted by molar-refractivity contribution is -0.114. The molecule has 0 saturated heterocycles. The summed E-state index contributed by atoms with van der Waals surface area (Å²) in [5.41, 5.74) is 5.38. The van der Waals surface area contributed by atoms with Gasteiger partial charge in [-0.2, -0.15) is 0 Å². The molecule has 3 unspecified atom stereocenters. The molecule has 4 saturated carbocycles. The van der Waals surface area contributed by atoms with Crippen LogP contribution in [0.4, 0.5) is 0 Å². The highest BCUT2D eigenvalue weighted by atomic mass is 28.4. The quantitative estimate of drug-likeness (QED) is 0.193. The molecule has 0 aliphatic heterocycles. The van der Waals surface area contributed by atoms with Crippen molar-refractivity contribution in [2.45, 2.75) is 168 Å². The van der Waals surface area contributed by atoms with Gasteiger partial charge in [-0.3, -0.25) is 4.79 Å². The molecule has 0 aromatic rings. The summed E-state index contributed by atoms with van der Waals surface area (Å²) in [7, 11) is -3.91. The lowest BCUT2D eigenvalue weighted by Gasteiger charge is -2.46. The van der Waals surface area contributed by atoms with Gasteiger partial charge in [0.25, 0.3) is 0 Å². The summed E-state index contributed by atoms with van der Waals surface area (Å²) in [4.78, 5) is 12.2. The third-order valence-electron chi connectivity index (χ3n) is 13.6. The first-order valence-electron chi connectivity index (χ1n) is 18.2. The summed E-state index contributed by atoms with van der Waals surface area (Å²) in [5.74, 6) is 2.85. The maximum atomic E-state index is 12.2. The lowest BCUT2D eigenvalue weighted by atomic mass is 9.60. The van der Waals surface area contributed by atoms with E-state index in [1.54, 1.807) is 5.57 Å². The van der Waals surface area contributed by atoms with Crippen molar-refractivity contribution in [2.24, 2.45) is 29.1 Å². The van der Waals surface area contributed by atoms with Crippen molar-refractivity contribution in [1.29, 1.82) is 0 Å². The van der Waals surface area contributed by atoms with Gasteiger partial charge in [-0.25, -0.2) is 0 Å². The summed E-state index contributed by atoms with van der Waals surface area (Å²) in [6.07, 6.45) is 16.2. The number of carbonyl (C=O) groups excluding carboxylic acids is 1. The Bertz CT molecular complexity index is 1190. The SMILES string of the molecule is C=C1CC(CC(C)[C@H]2CCC3/C(=C/C=C4/C[C@@H](O[Si](C)(C)C(C)(C)C)C[C@H](O[Si](C)(C)C(C)(C)C)C4=C)CCC[C@@]32C)CC1=O. The minimum absolute atomic E-state index is 0.0194. The Kier molecular flexibility index (Phi) is 10.7. The molecule has 4 fully saturated rings. The standard InChI is InChI=1S/C40H68O3Si2/c1-27(22-30-23-28(2)36(41)24-30)34-19-20-35-31(16-15-21-40(34,35)10)17-18-32-25-33(42-44(11,12)38(4,5)6)26-37(29(32)3)43-45(13,14)39(7,8)9/h17-18,27,30,33-35,37H,2-3,15-16,19-26H2,1,4-14H3/b31-17+,32-18-/t27?,30?,33-,34-,35?,37+,40-/m1/s1. The topological polar surface area (TPSA) is 35.5 Å². The molecule has 0 amide bonds. The van der Waals surface area contributed by atoms with Gasteiger partial charge in [0, 0.05) is 12.8 Å². The molecule has 254 valence electrons. The molecule has 0 aromatic carbocycles. The normalized spacial score (nSPS) is 34.6. The molecule has 0 bridgehead atoms. The molecule has 0 heterocycles. The molecule has 0 spiro atoms. The fourth-order valence-corrected chi connectivity index (χ4v) is 11.4. The van der Waals surface area contributed by atoms with Gasteiger partial charge in [0.05, 0.1) is 12.2 Å². The number of Topliss-reactive ketones (excluding diaryl/α,β-unsaturated/α-hetero) is 1. The van der Waals surface area contributed by atoms with E-state index >= 15 is 0 Å². The van der Waals surface area contributed by atoms with Crippen molar-refractivity contribution in [1.82, 2.24) is 0 Å². The molecule has 0 radical (unpaired) electrons. The minimum atomic E-state index is -1.98. The lowest BCUT2D eigenvalue weighted by Crippen LogP contribution is -2.49. The molecule has 5 heteroatoms. The first-order chi connectivity index (χ1) is 20.6. The molecule has 0 N–H and O–H groups in total. The van der Waals surface area contributed by atoms with E-state index in [1.807, 2.05) is 0 Å². The largest absolute Gasteiger partial charge is 0.413 e. The van der Waals surface area contributed by atoms with Crippen molar-refractivity contribution in [3.8, 4) is 0 Å². The number of hydrogen-bond donors (Lipinski definition) is 0. The second-order valence-electron chi connectivity index (χ2n) is 18.9. The average Bonchev–Trinajstić information content (AvgIpc) is 3.41. The van der Waals surface area contributed by atoms with Crippen LogP contribution in [0.3, 0.4) is 0 Å². The van der Waals surface area contributed by atoms with Crippen LogP contribution in [0.15, 0.2) is 47.6 Å². The van der Waals surface area contributed by atoms with Gasteiger partial charge in [-0.1, -0.05) is 86.3 Å². The number of hydrogen-bond acceptors (Lipinski definition) is 3. The van der Waals surface area contributed by atoms with Gasteiger partial charge in [-0.05, 0) is 133 Å². The summed E-state index contributed by atoms with van der Waals surface area (Å²) in [5, 5.41) is 0.323. The van der Waals surface area contributed by atoms with Crippen LogP contribution in [0, 0.1) is 29.1 Å². The highest BCUT2D eigenvalue weighted by Gasteiger charge is 2.51. The monoisotopic (exact) mass is 652 g/mol. The van der Waals surface area contributed by atoms with E-state index in [2.05, 4.69) is 107 Å². The molecule has 3 nitrogen and oxygen atoms in total. The van der Waals surface area contributed by atoms with Gasteiger partial charge in [0.15, 0.2) is 22.4 Å². The fraction of sp³-hybridized carbons (Fsp3) is 0.775. The highest BCUT2D eigenvalue weighted by Crippen LogP contribution is 2.60. The first kappa shape index (κ1) is 36.8. The molecule has 4 aliphatic rings. The van der Waals surface area contributed by atoms with E-state index in [0.717, 1.165) is 37.2 Å². The predicted molar refractivity (Wildman–Crippen MR) is 198 cm³/mol. The van der Waals surface area contributed by atoms with Crippen LogP contribution in [0.2, 0.25) is 36.3 Å². The number of allylic oxidation sites excluding steroid dienone is 4. The molecule has 7 atom stereocenters. The number of fused-ring (bicyclic) bond motifs is 1. The Morgan fingerprint density at radius 2 is 1.56 bits per heavy atom. The summed E-state index contributed by atoms with van der Waals surface area (Å²) < 4.78 is 14.2. The van der Waals surface area contributed by atoms with Crippen LogP contribution < -0.4 is 0 Å². The van der Waals surface area contributed by atoms with Crippen LogP contribution in [-0.4, -0.2) is 34.6 Å². The molecule has 4 aliphatic carbocycles. The second kappa shape index (κ2) is 13.1. The Labute approximate surface area is 280 Å². The van der Waals surface area contributed by atoms with E-state index in [0.29, 0.717) is 29.0 Å². The maximum Gasteiger partial charge on any atom is 0.192 e. The van der Waals surface area contributed by atoms with Crippen LogP contribution in [0.5, 0.6) is 0 Å². The van der Waals surface area contributed by atoms with Gasteiger partial charge in [-0.15, -0.1) is 0 Å². The van der Waals surface area contributed by atoms with E-state index < -0.39 is 16.6 Å². The van der Waals surface area contributed by atoms with E-state index in [-0.39, 0.29) is 22.3 Å². The smallest absolute Gasteiger partial charge is 0.192 e. The summed E-state index contributed by atoms with van der Waals surface area (Å²) >= 11 is 0. The zero-order chi connectivity index (χ0) is 33.8. The molecular weight excluding hydrogens is 585 g/mol. The predicted octanol–water partition coefficient (Wildman–Crippen LogP) is 11.7. The average molecular weight is 653 g/mol. The maximum absolute atomic E-state index is 12.2. The van der Waals surface area contributed by atoms with Crippen LogP contribution in [-0.2, 0) is 13.6 Å². The minimum Gasteiger partial charge on any atom is -0.413 e. The summed E-state index contributed by atoms with van der Waals surface area (Å²) in [6, 6.07) is 0. The zero-order valence-electron chi connectivity index (χ0n) is 31.3. The molecule has 4 rings (SSSR count). The summed E-state index contributed by atoms with van der Waals surface area (Å²) in [6.45, 7) is 37.3. The van der Waals surface area contributed by atoms with Crippen molar-refractivity contribution >= 4 is 22.4 Å². The molecule has 45 heavy (non-hydrogen) atoms. The Hall–Kier alpha value is -1.02. The van der Waals surface area contributed by atoms with Crippen molar-refractivity contribution in [2.75, 3.05) is 0 Å². The Morgan fingerprint density at radius 3 is 2.13 bits per heavy atom. The van der Waals surface area contributed by atoms with E-state index in [9.17, 15) is 4.79 Å². The van der Waals surface area contributed by atoms with Crippen molar-refractivity contribution < 1.29 is 13.6 Å². The van der Waals surface area contributed by atoms with Gasteiger partial charge >= 0.3 is 0 Å². The Balaban J connectivity index is 1.57. The second-order valence-corrected chi connectivity index (χ2v) is 28.4. The molecule has 0 aromatic heterocycles. The van der Waals surface area contributed by atoms with Crippen molar-refractivity contribution in [3.63, 3.8) is 0 Å². The third kappa shape index (κ3) is 7.84. The third-order valence-corrected chi connectivity index (χ3v) is 22.6. The number of carbonyl (C=O) groups is 1. The van der Waals surface area contributed by atoms with Crippen LogP contribution in [0.1, 0.15) is 120 Å². The highest BCUT2D eigenvalue weighted by molar-refractivity contribution is 6.74. The van der Waals surface area contributed by atoms with Crippen LogP contribution >= 0.6 is 0 Å². The van der Waals surface area contributed by atoms with E-state index in [1.165, 1.54) is 49.7 Å². The van der Waals surface area contributed by atoms with Gasteiger partial charge in [0.1, 0.15) is 0 Å². The first-order valence-corrected chi connectivity index (χ1v) is 24.0. The number of ketones is 1. The van der Waals surface area contributed by atoms with E-state index in [4.69, 9.17) is 8.85 Å². The number of rotatable bonds is 8.